The molecule has 0 bridgehead atoms. The van der Waals surface area contributed by atoms with E-state index in [4.69, 9.17) is 30.2 Å². The molecule has 0 amide bonds. The van der Waals surface area contributed by atoms with Gasteiger partial charge in [-0.15, -0.1) is 0 Å². The minimum absolute atomic E-state index is 0.388. The van der Waals surface area contributed by atoms with Crippen LogP contribution in [0.15, 0.2) is 65.9 Å². The molecule has 5 rings (SSSR count). The van der Waals surface area contributed by atoms with E-state index < -0.39 is 21.4 Å². The molecule has 2 aromatic carbocycles. The number of anilines is 2. The van der Waals surface area contributed by atoms with Crippen LogP contribution in [0.2, 0.25) is 0 Å². The fourth-order valence-corrected chi connectivity index (χ4v) is 7.15. The molecular weight excluding hydrogens is 717 g/mol. The zero-order valence-corrected chi connectivity index (χ0v) is 32.4. The van der Waals surface area contributed by atoms with Crippen LogP contribution in [0.3, 0.4) is 0 Å². The highest BCUT2D eigenvalue weighted by molar-refractivity contribution is 9.10. The molecule has 0 saturated carbocycles. The highest BCUT2D eigenvalue weighted by atomic mass is 79.9. The largest absolute Gasteiger partial charge is 0.494 e. The van der Waals surface area contributed by atoms with Crippen LogP contribution < -0.4 is 37.0 Å². The van der Waals surface area contributed by atoms with E-state index in [1.807, 2.05) is 52.0 Å². The van der Waals surface area contributed by atoms with Crippen molar-refractivity contribution in [2.45, 2.75) is 38.9 Å². The van der Waals surface area contributed by atoms with Crippen molar-refractivity contribution in [2.75, 3.05) is 52.3 Å². The van der Waals surface area contributed by atoms with Crippen molar-refractivity contribution in [3.05, 3.63) is 65.9 Å². The molecule has 0 aliphatic carbocycles. The lowest BCUT2D eigenvalue weighted by atomic mass is 9.79. The number of halogens is 1. The molecule has 1 fully saturated rings. The number of nitrogens with two attached hydrogens (primary N) is 2. The number of nitrogen functional groups attached to an aromatic ring is 2. The number of methoxy groups -OCH3 is 2. The molecule has 2 aromatic heterocycles. The van der Waals surface area contributed by atoms with Gasteiger partial charge in [-0.05, 0) is 106 Å². The maximum Gasteiger partial charge on any atom is 0.494 e. The van der Waals surface area contributed by atoms with Gasteiger partial charge in [0, 0.05) is 34.4 Å². The summed E-state index contributed by atoms with van der Waals surface area (Å²) in [6, 6.07) is 10.9. The van der Waals surface area contributed by atoms with E-state index in [1.54, 1.807) is 65.4 Å². The summed E-state index contributed by atoms with van der Waals surface area (Å²) >= 11 is 3.21. The van der Waals surface area contributed by atoms with Crippen molar-refractivity contribution in [1.29, 1.82) is 0 Å². The molecule has 3 heterocycles. The van der Waals surface area contributed by atoms with Gasteiger partial charge in [0.25, 0.3) is 0 Å². The first-order valence-corrected chi connectivity index (χ1v) is 20.8. The first-order valence-electron chi connectivity index (χ1n) is 14.8. The van der Waals surface area contributed by atoms with Gasteiger partial charge in [0.1, 0.15) is 26.9 Å². The molecule has 0 atom stereocenters. The summed E-state index contributed by atoms with van der Waals surface area (Å²) in [5.41, 5.74) is 14.6. The quantitative estimate of drug-likeness (QED) is 0.152. The Labute approximate surface area is 291 Å². The Morgan fingerprint density at radius 1 is 0.750 bits per heavy atom. The minimum atomic E-state index is -2.43. The molecule has 12 nitrogen and oxygen atoms in total. The van der Waals surface area contributed by atoms with Gasteiger partial charge in [0.2, 0.25) is 11.8 Å². The molecule has 0 unspecified atom stereocenters. The normalized spacial score (nSPS) is 15.0. The van der Waals surface area contributed by atoms with Crippen molar-refractivity contribution in [3.63, 3.8) is 0 Å². The summed E-state index contributed by atoms with van der Waals surface area (Å²) < 4.78 is 47.4. The molecule has 0 spiro atoms. The number of hydrogen-bond donors (Lipinski definition) is 2. The number of benzene rings is 2. The summed E-state index contributed by atoms with van der Waals surface area (Å²) in [5, 5.41) is 1.35. The van der Waals surface area contributed by atoms with E-state index >= 15 is 0 Å². The smallest absolute Gasteiger partial charge is 0.480 e. The number of hydrogen-bond acceptors (Lipinski definition) is 12. The van der Waals surface area contributed by atoms with Gasteiger partial charge in [0.15, 0.2) is 0 Å². The maximum absolute atomic E-state index is 12.3. The van der Waals surface area contributed by atoms with Gasteiger partial charge >= 0.3 is 7.12 Å². The molecular formula is C32H44BBrN6O6P2. The number of ether oxygens (including phenoxy) is 2. The van der Waals surface area contributed by atoms with Crippen LogP contribution in [0, 0.1) is 0 Å². The van der Waals surface area contributed by atoms with Crippen molar-refractivity contribution in [1.82, 2.24) is 19.9 Å². The van der Waals surface area contributed by atoms with E-state index in [-0.39, 0.29) is 11.2 Å². The standard InChI is InChI=1S/C14H23BNO3P.C13H16N3O2P.C5H5BrN2O/c1-13(2)14(3,4)19-15(18-13)10-7-8-11(16)12(9-10)20(5,6)17;1-18-13-10(7-15-8-16-13)9-4-5-11(14)12(6-9)19(2,3)17;1-9-5-4(6)2-7-3-8-5/h7-9H,16H2,1-6H3;4-8H,14H2,1-3H3;2-3H,1H3. The number of rotatable bonds is 6. The monoisotopic (exact) mass is 760 g/mol. The van der Waals surface area contributed by atoms with Crippen molar-refractivity contribution >= 4 is 64.8 Å². The minimum Gasteiger partial charge on any atom is -0.480 e. The van der Waals surface area contributed by atoms with E-state index in [0.717, 1.165) is 21.1 Å². The molecule has 4 N–H and O–H groups in total. The summed E-state index contributed by atoms with van der Waals surface area (Å²) in [6.45, 7) is 14.9. The van der Waals surface area contributed by atoms with Gasteiger partial charge in [-0.25, -0.2) is 19.9 Å². The zero-order valence-electron chi connectivity index (χ0n) is 29.0. The van der Waals surface area contributed by atoms with Gasteiger partial charge in [0.05, 0.1) is 35.5 Å². The van der Waals surface area contributed by atoms with Crippen molar-refractivity contribution < 1.29 is 27.9 Å². The van der Waals surface area contributed by atoms with E-state index in [0.29, 0.717) is 33.7 Å². The van der Waals surface area contributed by atoms with Crippen LogP contribution in [0.4, 0.5) is 11.4 Å². The van der Waals surface area contributed by atoms with Crippen LogP contribution in [-0.4, -0.2) is 79.1 Å². The molecule has 4 aromatic rings. The predicted molar refractivity (Wildman–Crippen MR) is 199 cm³/mol. The third-order valence-corrected chi connectivity index (χ3v) is 11.4. The average molecular weight is 761 g/mol. The van der Waals surface area contributed by atoms with Crippen LogP contribution in [-0.2, 0) is 18.4 Å². The molecule has 48 heavy (non-hydrogen) atoms. The van der Waals surface area contributed by atoms with E-state index in [1.165, 1.54) is 12.7 Å². The molecule has 1 aliphatic rings. The average Bonchev–Trinajstić information content (AvgIpc) is 3.23. The molecule has 258 valence electrons. The Hall–Kier alpha value is -3.28. The Balaban J connectivity index is 0.000000209. The van der Waals surface area contributed by atoms with E-state index in [2.05, 4.69) is 35.9 Å². The topological polar surface area (TPSA) is 175 Å². The van der Waals surface area contributed by atoms with Crippen LogP contribution in [0.5, 0.6) is 11.8 Å². The Bertz CT molecular complexity index is 1820. The van der Waals surface area contributed by atoms with Crippen molar-refractivity contribution in [3.8, 4) is 22.9 Å². The molecule has 16 heteroatoms. The second-order valence-electron chi connectivity index (χ2n) is 12.7. The highest BCUT2D eigenvalue weighted by Crippen LogP contribution is 2.40. The van der Waals surface area contributed by atoms with Crippen LogP contribution >= 0.6 is 30.2 Å². The van der Waals surface area contributed by atoms with Gasteiger partial charge in [-0.3, -0.25) is 0 Å². The lowest BCUT2D eigenvalue weighted by molar-refractivity contribution is 0.00578. The predicted octanol–water partition coefficient (Wildman–Crippen LogP) is 5.05. The number of aromatic nitrogens is 4. The first-order chi connectivity index (χ1) is 22.2. The van der Waals surface area contributed by atoms with Gasteiger partial charge < -0.3 is 39.4 Å². The third-order valence-electron chi connectivity index (χ3n) is 7.78. The lowest BCUT2D eigenvalue weighted by Gasteiger charge is -2.32. The Kier molecular flexibility index (Phi) is 12.7. The molecule has 1 aliphatic heterocycles. The summed E-state index contributed by atoms with van der Waals surface area (Å²) in [4.78, 5) is 15.6. The zero-order chi connectivity index (χ0) is 36.1. The van der Waals surface area contributed by atoms with E-state index in [9.17, 15) is 9.13 Å². The molecule has 0 radical (unpaired) electrons. The second-order valence-corrected chi connectivity index (χ2v) is 19.9. The second kappa shape index (κ2) is 15.5. The fraction of sp³-hybridized carbons (Fsp3) is 0.375. The summed E-state index contributed by atoms with van der Waals surface area (Å²) in [5.74, 6) is 1.04. The summed E-state index contributed by atoms with van der Waals surface area (Å²) in [6.07, 6.45) is 6.15. The third kappa shape index (κ3) is 9.67. The highest BCUT2D eigenvalue weighted by Gasteiger charge is 2.51. The summed E-state index contributed by atoms with van der Waals surface area (Å²) in [7, 11) is -2.20. The lowest BCUT2D eigenvalue weighted by Crippen LogP contribution is -2.41. The van der Waals surface area contributed by atoms with Crippen LogP contribution in [0.1, 0.15) is 27.7 Å². The van der Waals surface area contributed by atoms with Crippen molar-refractivity contribution in [2.24, 2.45) is 0 Å². The first kappa shape index (κ1) is 39.2. The van der Waals surface area contributed by atoms with Gasteiger partial charge in [-0.2, -0.15) is 0 Å². The number of nitrogens with zero attached hydrogens (tertiary/aromatic N) is 4. The molecule has 1 saturated heterocycles. The maximum atomic E-state index is 12.3. The SMILES string of the molecule is CC1(C)OB(c2ccc(N)c(P(C)(C)=O)c2)OC1(C)C.COc1ncncc1-c1ccc(N)c(P(C)(C)=O)c1.COc1ncncc1Br. The Morgan fingerprint density at radius 2 is 1.23 bits per heavy atom. The fourth-order valence-electron chi connectivity index (χ4n) is 4.46. The van der Waals surface area contributed by atoms with Crippen LogP contribution in [0.25, 0.3) is 11.1 Å². The van der Waals surface area contributed by atoms with Gasteiger partial charge in [-0.1, -0.05) is 12.1 Å². The Morgan fingerprint density at radius 3 is 1.71 bits per heavy atom.